The molecule has 1 fully saturated rings. The van der Waals surface area contributed by atoms with Crippen molar-refractivity contribution in [1.82, 2.24) is 4.98 Å². The van der Waals surface area contributed by atoms with Gasteiger partial charge in [0, 0.05) is 12.4 Å². The Balaban J connectivity index is 1.71. The summed E-state index contributed by atoms with van der Waals surface area (Å²) in [5, 5.41) is 0. The monoisotopic (exact) mass is 487 g/mol. The molecule has 0 aliphatic heterocycles. The summed E-state index contributed by atoms with van der Waals surface area (Å²) in [4.78, 5) is 4.63. The zero-order valence-electron chi connectivity index (χ0n) is 24.3. The minimum absolute atomic E-state index is 0.469. The fourth-order valence-corrected chi connectivity index (χ4v) is 7.06. The maximum absolute atomic E-state index is 4.63. The standard InChI is InChI=1S/C35H53N/c1-8-12-30-21-33(34-20-29(10-3)24-36-25-34)23-35(22-30,16-9-2)17-11-13-27(6)32-15-14-31(18-26(4)5)28(7)19-32/h14-15,19-20,24-26,30,33H,6,8-13,16-18,21-23H2,1-5,7H3. The van der Waals surface area contributed by atoms with Crippen LogP contribution in [0, 0.1) is 24.2 Å². The van der Waals surface area contributed by atoms with Gasteiger partial charge in [-0.3, -0.25) is 4.98 Å². The Labute approximate surface area is 223 Å². The Morgan fingerprint density at radius 3 is 2.53 bits per heavy atom. The topological polar surface area (TPSA) is 12.9 Å². The molecule has 1 nitrogen and oxygen atoms in total. The van der Waals surface area contributed by atoms with E-state index in [0.717, 1.165) is 25.2 Å². The molecule has 0 N–H and O–H groups in total. The minimum atomic E-state index is 0.469. The van der Waals surface area contributed by atoms with Crippen LogP contribution >= 0.6 is 0 Å². The Morgan fingerprint density at radius 1 is 1.06 bits per heavy atom. The molecule has 1 aliphatic carbocycles. The average Bonchev–Trinajstić information content (AvgIpc) is 2.85. The highest BCUT2D eigenvalue weighted by Crippen LogP contribution is 2.53. The number of aromatic nitrogens is 1. The van der Waals surface area contributed by atoms with Gasteiger partial charge in [-0.2, -0.15) is 0 Å². The van der Waals surface area contributed by atoms with Crippen LogP contribution in [0.1, 0.15) is 133 Å². The van der Waals surface area contributed by atoms with Crippen molar-refractivity contribution in [2.24, 2.45) is 17.3 Å². The van der Waals surface area contributed by atoms with E-state index in [1.165, 1.54) is 91.2 Å². The fourth-order valence-electron chi connectivity index (χ4n) is 7.06. The summed E-state index contributed by atoms with van der Waals surface area (Å²) in [5.41, 5.74) is 8.92. The predicted octanol–water partition coefficient (Wildman–Crippen LogP) is 10.5. The van der Waals surface area contributed by atoms with E-state index in [1.54, 1.807) is 0 Å². The summed E-state index contributed by atoms with van der Waals surface area (Å²) < 4.78 is 0. The van der Waals surface area contributed by atoms with Crippen LogP contribution < -0.4 is 0 Å². The molecule has 198 valence electrons. The Morgan fingerprint density at radius 2 is 1.86 bits per heavy atom. The van der Waals surface area contributed by atoms with Crippen LogP contribution in [0.2, 0.25) is 0 Å². The zero-order valence-corrected chi connectivity index (χ0v) is 24.3. The van der Waals surface area contributed by atoms with Crippen LogP contribution in [-0.4, -0.2) is 4.98 Å². The van der Waals surface area contributed by atoms with Gasteiger partial charge in [0.2, 0.25) is 0 Å². The first-order chi connectivity index (χ1) is 17.3. The predicted molar refractivity (Wildman–Crippen MR) is 159 cm³/mol. The van der Waals surface area contributed by atoms with Crippen LogP contribution in [-0.2, 0) is 12.8 Å². The molecule has 1 heterocycles. The number of allylic oxidation sites excluding steroid dienone is 1. The number of pyridine rings is 1. The highest BCUT2D eigenvalue weighted by Gasteiger charge is 2.39. The van der Waals surface area contributed by atoms with Gasteiger partial charge in [0.05, 0.1) is 0 Å². The van der Waals surface area contributed by atoms with Gasteiger partial charge < -0.3 is 0 Å². The van der Waals surface area contributed by atoms with Crippen molar-refractivity contribution in [2.45, 2.75) is 125 Å². The summed E-state index contributed by atoms with van der Waals surface area (Å²) in [7, 11) is 0. The molecule has 0 amide bonds. The molecule has 3 atom stereocenters. The lowest BCUT2D eigenvalue weighted by atomic mass is 9.59. The van der Waals surface area contributed by atoms with Gasteiger partial charge in [0.15, 0.2) is 0 Å². The summed E-state index contributed by atoms with van der Waals surface area (Å²) in [6.07, 6.45) is 19.6. The molecule has 1 heteroatoms. The summed E-state index contributed by atoms with van der Waals surface area (Å²) in [6.45, 7) is 18.4. The van der Waals surface area contributed by atoms with Crippen molar-refractivity contribution in [2.75, 3.05) is 0 Å². The van der Waals surface area contributed by atoms with Gasteiger partial charge in [-0.25, -0.2) is 0 Å². The maximum atomic E-state index is 4.63. The first-order valence-corrected chi connectivity index (χ1v) is 15.0. The molecular weight excluding hydrogens is 434 g/mol. The molecule has 1 saturated carbocycles. The smallest absolute Gasteiger partial charge is 0.0302 e. The molecule has 3 rings (SSSR count). The second kappa shape index (κ2) is 13.6. The first-order valence-electron chi connectivity index (χ1n) is 15.0. The van der Waals surface area contributed by atoms with E-state index >= 15 is 0 Å². The van der Waals surface area contributed by atoms with Crippen molar-refractivity contribution < 1.29 is 0 Å². The third-order valence-electron chi connectivity index (χ3n) is 8.76. The van der Waals surface area contributed by atoms with E-state index in [4.69, 9.17) is 0 Å². The maximum Gasteiger partial charge on any atom is 0.0302 e. The van der Waals surface area contributed by atoms with Crippen LogP contribution in [0.4, 0.5) is 0 Å². The molecule has 0 radical (unpaired) electrons. The van der Waals surface area contributed by atoms with Gasteiger partial charge in [0.1, 0.15) is 0 Å². The van der Waals surface area contributed by atoms with Crippen molar-refractivity contribution in [3.63, 3.8) is 0 Å². The number of aryl methyl sites for hydroxylation is 2. The van der Waals surface area contributed by atoms with E-state index < -0.39 is 0 Å². The van der Waals surface area contributed by atoms with Gasteiger partial charge in [0.25, 0.3) is 0 Å². The first kappa shape index (κ1) is 28.7. The molecular formula is C35H53N. The van der Waals surface area contributed by atoms with E-state index in [0.29, 0.717) is 17.3 Å². The van der Waals surface area contributed by atoms with Gasteiger partial charge in [-0.05, 0) is 121 Å². The molecule has 1 aliphatic rings. The van der Waals surface area contributed by atoms with E-state index in [9.17, 15) is 0 Å². The number of rotatable bonds is 13. The minimum Gasteiger partial charge on any atom is -0.264 e. The third kappa shape index (κ3) is 7.80. The molecule has 36 heavy (non-hydrogen) atoms. The molecule has 1 aromatic heterocycles. The quantitative estimate of drug-likeness (QED) is 0.274. The SMILES string of the molecule is C=C(CCCC1(CCC)CC(CCC)CC(c2cncc(CC)c2)C1)c1ccc(CC(C)C)c(C)c1. The van der Waals surface area contributed by atoms with Crippen LogP contribution in [0.3, 0.4) is 0 Å². The van der Waals surface area contributed by atoms with Gasteiger partial charge >= 0.3 is 0 Å². The van der Waals surface area contributed by atoms with Crippen molar-refractivity contribution in [1.29, 1.82) is 0 Å². The molecule has 3 unspecified atom stereocenters. The van der Waals surface area contributed by atoms with Crippen molar-refractivity contribution in [3.8, 4) is 0 Å². The van der Waals surface area contributed by atoms with Crippen molar-refractivity contribution in [3.05, 3.63) is 71.1 Å². The summed E-state index contributed by atoms with van der Waals surface area (Å²) in [6, 6.07) is 9.49. The van der Waals surface area contributed by atoms with E-state index in [1.807, 2.05) is 0 Å². The molecule has 0 spiro atoms. The average molecular weight is 488 g/mol. The third-order valence-corrected chi connectivity index (χ3v) is 8.76. The second-order valence-corrected chi connectivity index (χ2v) is 12.4. The Hall–Kier alpha value is -1.89. The highest BCUT2D eigenvalue weighted by atomic mass is 14.6. The lowest BCUT2D eigenvalue weighted by Gasteiger charge is -2.45. The Kier molecular flexibility index (Phi) is 10.8. The van der Waals surface area contributed by atoms with E-state index in [-0.39, 0.29) is 0 Å². The fraction of sp³-hybridized carbons (Fsp3) is 0.629. The Bertz CT molecular complexity index is 970. The largest absolute Gasteiger partial charge is 0.264 e. The molecule has 0 saturated heterocycles. The number of hydrogen-bond donors (Lipinski definition) is 0. The second-order valence-electron chi connectivity index (χ2n) is 12.4. The lowest BCUT2D eigenvalue weighted by Crippen LogP contribution is -2.33. The van der Waals surface area contributed by atoms with Crippen LogP contribution in [0.5, 0.6) is 0 Å². The number of nitrogens with zero attached hydrogens (tertiary/aromatic N) is 1. The summed E-state index contributed by atoms with van der Waals surface area (Å²) >= 11 is 0. The van der Waals surface area contributed by atoms with Gasteiger partial charge in [-0.15, -0.1) is 0 Å². The summed E-state index contributed by atoms with van der Waals surface area (Å²) in [5.74, 6) is 2.22. The van der Waals surface area contributed by atoms with Crippen LogP contribution in [0.15, 0.2) is 43.2 Å². The van der Waals surface area contributed by atoms with E-state index in [2.05, 4.69) is 89.8 Å². The number of hydrogen-bond acceptors (Lipinski definition) is 1. The van der Waals surface area contributed by atoms with Crippen LogP contribution in [0.25, 0.3) is 5.57 Å². The molecule has 0 bridgehead atoms. The normalized spacial score (nSPS) is 22.2. The molecule has 1 aromatic carbocycles. The number of benzene rings is 1. The zero-order chi connectivity index (χ0) is 26.1. The highest BCUT2D eigenvalue weighted by molar-refractivity contribution is 5.64. The van der Waals surface area contributed by atoms with Gasteiger partial charge in [-0.1, -0.05) is 84.7 Å². The molecule has 2 aromatic rings. The lowest BCUT2D eigenvalue weighted by molar-refractivity contribution is 0.0893. The van der Waals surface area contributed by atoms with Crippen molar-refractivity contribution >= 4 is 5.57 Å².